The summed E-state index contributed by atoms with van der Waals surface area (Å²) in [5.74, 6) is 0.0539. The number of rotatable bonds is 10. The summed E-state index contributed by atoms with van der Waals surface area (Å²) >= 11 is 0. The van der Waals surface area contributed by atoms with Crippen LogP contribution in [0.25, 0.3) is 16.5 Å². The molecule has 0 spiro atoms. The van der Waals surface area contributed by atoms with E-state index >= 15 is 0 Å². The van der Waals surface area contributed by atoms with Crippen molar-refractivity contribution in [1.29, 1.82) is 0 Å². The van der Waals surface area contributed by atoms with Crippen LogP contribution in [0.2, 0.25) is 0 Å². The Kier molecular flexibility index (Phi) is 8.66. The van der Waals surface area contributed by atoms with E-state index in [1.807, 2.05) is 27.8 Å². The number of nitrogens with zero attached hydrogens (tertiary/aromatic N) is 4. The van der Waals surface area contributed by atoms with Crippen molar-refractivity contribution in [2.75, 3.05) is 19.6 Å². The summed E-state index contributed by atoms with van der Waals surface area (Å²) < 4.78 is 1.97. The Morgan fingerprint density at radius 2 is 1.85 bits per heavy atom. The third kappa shape index (κ3) is 6.75. The molecule has 0 unspecified atom stereocenters. The zero-order valence-electron chi connectivity index (χ0n) is 23.6. The lowest BCUT2D eigenvalue weighted by atomic mass is 9.81. The van der Waals surface area contributed by atoms with E-state index < -0.39 is 11.6 Å². The van der Waals surface area contributed by atoms with E-state index in [9.17, 15) is 4.79 Å². The zero-order chi connectivity index (χ0) is 28.8. The topological polar surface area (TPSA) is 141 Å². The molecule has 1 amide bonds. The Balaban J connectivity index is 1.40. The maximum absolute atomic E-state index is 14.2. The number of aliphatic imine (C=N–C) groups is 1. The highest BCUT2D eigenvalue weighted by molar-refractivity contribution is 5.85. The third-order valence-corrected chi connectivity index (χ3v) is 8.03. The van der Waals surface area contributed by atoms with E-state index in [0.29, 0.717) is 32.5 Å². The normalized spacial score (nSPS) is 19.7. The van der Waals surface area contributed by atoms with Gasteiger partial charge in [0.25, 0.3) is 0 Å². The molecule has 1 fully saturated rings. The van der Waals surface area contributed by atoms with E-state index in [-0.39, 0.29) is 17.9 Å². The second-order valence-corrected chi connectivity index (χ2v) is 11.2. The van der Waals surface area contributed by atoms with E-state index in [4.69, 9.17) is 17.2 Å². The highest BCUT2D eigenvalue weighted by Gasteiger charge is 2.44. The summed E-state index contributed by atoms with van der Waals surface area (Å²) in [6, 6.07) is 22.5. The molecule has 41 heavy (non-hydrogen) atoms. The number of hydrogen-bond donors (Lipinski definition) is 4. The molecule has 1 aliphatic heterocycles. The van der Waals surface area contributed by atoms with Crippen LogP contribution in [0.4, 0.5) is 0 Å². The van der Waals surface area contributed by atoms with Crippen LogP contribution < -0.4 is 22.5 Å². The smallest absolute Gasteiger partial charge is 0.240 e. The standard InChI is InChI=1S/C32H40N8O/c1-23-20-40(30(41)29(33)18-25-7-10-26-5-2-3-6-27(26)17-25)32(21-38-23,13-4-14-37-31(34)35)19-24-8-11-28(12-9-24)39-16-15-36-22-39/h2-3,5-12,15-17,22-23,29,38H,4,13-14,18-21,33H2,1H3,(H4,34,35,37)/t23-,29-,32+/m1/s1. The minimum absolute atomic E-state index is 0.0246. The van der Waals surface area contributed by atoms with Gasteiger partial charge in [-0.1, -0.05) is 54.6 Å². The fourth-order valence-electron chi connectivity index (χ4n) is 5.89. The van der Waals surface area contributed by atoms with E-state index in [1.165, 1.54) is 5.39 Å². The first-order chi connectivity index (χ1) is 19.8. The molecule has 214 valence electrons. The second-order valence-electron chi connectivity index (χ2n) is 11.2. The number of carbonyl (C=O) groups is 1. The Hall–Kier alpha value is -4.21. The molecule has 1 saturated heterocycles. The van der Waals surface area contributed by atoms with Gasteiger partial charge in [0.2, 0.25) is 5.91 Å². The highest BCUT2D eigenvalue weighted by Crippen LogP contribution is 2.31. The van der Waals surface area contributed by atoms with E-state index in [0.717, 1.165) is 35.0 Å². The van der Waals surface area contributed by atoms with Crippen molar-refractivity contribution in [2.45, 2.75) is 50.2 Å². The molecule has 1 aromatic heterocycles. The summed E-state index contributed by atoms with van der Waals surface area (Å²) in [4.78, 5) is 24.6. The fraction of sp³-hybridized carbons (Fsp3) is 0.344. The number of imidazole rings is 1. The number of amides is 1. The summed E-state index contributed by atoms with van der Waals surface area (Å²) in [6.07, 6.45) is 8.11. The van der Waals surface area contributed by atoms with Crippen molar-refractivity contribution in [1.82, 2.24) is 19.8 Å². The van der Waals surface area contributed by atoms with Gasteiger partial charge in [-0.3, -0.25) is 9.79 Å². The van der Waals surface area contributed by atoms with Crippen LogP contribution in [0.3, 0.4) is 0 Å². The van der Waals surface area contributed by atoms with Crippen molar-refractivity contribution >= 4 is 22.6 Å². The lowest BCUT2D eigenvalue weighted by Crippen LogP contribution is -2.68. The van der Waals surface area contributed by atoms with Crippen LogP contribution in [-0.2, 0) is 17.6 Å². The van der Waals surface area contributed by atoms with Crippen molar-refractivity contribution < 1.29 is 4.79 Å². The molecule has 1 aliphatic rings. The maximum Gasteiger partial charge on any atom is 0.240 e. The number of aromatic nitrogens is 2. The van der Waals surface area contributed by atoms with Crippen LogP contribution >= 0.6 is 0 Å². The summed E-state index contributed by atoms with van der Waals surface area (Å²) in [7, 11) is 0. The van der Waals surface area contributed by atoms with Gasteiger partial charge in [0.15, 0.2) is 5.96 Å². The van der Waals surface area contributed by atoms with Crippen molar-refractivity contribution in [2.24, 2.45) is 22.2 Å². The molecule has 4 aromatic rings. The quantitative estimate of drug-likeness (QED) is 0.135. The van der Waals surface area contributed by atoms with Gasteiger partial charge in [-0.05, 0) is 66.6 Å². The lowest BCUT2D eigenvalue weighted by molar-refractivity contribution is -0.142. The maximum atomic E-state index is 14.2. The average molecular weight is 553 g/mol. The molecule has 9 nitrogen and oxygen atoms in total. The molecule has 3 aromatic carbocycles. The zero-order valence-corrected chi connectivity index (χ0v) is 23.6. The van der Waals surface area contributed by atoms with Crippen molar-refractivity contribution in [3.8, 4) is 5.69 Å². The van der Waals surface area contributed by atoms with Gasteiger partial charge in [0.1, 0.15) is 0 Å². The number of nitrogens with two attached hydrogens (primary N) is 3. The molecule has 5 rings (SSSR count). The average Bonchev–Trinajstić information content (AvgIpc) is 3.52. The number of carbonyl (C=O) groups excluding carboxylic acids is 1. The Morgan fingerprint density at radius 1 is 1.10 bits per heavy atom. The second kappa shape index (κ2) is 12.5. The Bertz CT molecular complexity index is 1480. The Morgan fingerprint density at radius 3 is 2.59 bits per heavy atom. The molecule has 7 N–H and O–H groups in total. The van der Waals surface area contributed by atoms with E-state index in [2.05, 4.69) is 76.8 Å². The van der Waals surface area contributed by atoms with Crippen molar-refractivity contribution in [3.05, 3.63) is 96.6 Å². The van der Waals surface area contributed by atoms with Crippen LogP contribution in [0.1, 0.15) is 30.9 Å². The molecular weight excluding hydrogens is 512 g/mol. The van der Waals surface area contributed by atoms with Gasteiger partial charge in [0, 0.05) is 43.8 Å². The minimum Gasteiger partial charge on any atom is -0.370 e. The van der Waals surface area contributed by atoms with Crippen LogP contribution in [0, 0.1) is 0 Å². The summed E-state index contributed by atoms with van der Waals surface area (Å²) in [5.41, 5.74) is 20.6. The molecule has 3 atom stereocenters. The third-order valence-electron chi connectivity index (χ3n) is 8.03. The van der Waals surface area contributed by atoms with Crippen LogP contribution in [-0.4, -0.2) is 63.6 Å². The minimum atomic E-state index is -0.651. The number of fused-ring (bicyclic) bond motifs is 1. The number of guanidine groups is 1. The number of hydrogen-bond acceptors (Lipinski definition) is 5. The molecule has 9 heteroatoms. The predicted molar refractivity (Wildman–Crippen MR) is 165 cm³/mol. The molecular formula is C32H40N8O. The molecule has 0 radical (unpaired) electrons. The van der Waals surface area contributed by atoms with Gasteiger partial charge >= 0.3 is 0 Å². The van der Waals surface area contributed by atoms with Gasteiger partial charge in [-0.15, -0.1) is 0 Å². The van der Waals surface area contributed by atoms with Gasteiger partial charge in [-0.25, -0.2) is 4.98 Å². The van der Waals surface area contributed by atoms with Gasteiger partial charge in [-0.2, -0.15) is 0 Å². The summed E-state index contributed by atoms with van der Waals surface area (Å²) in [6.45, 7) is 3.86. The van der Waals surface area contributed by atoms with E-state index in [1.54, 1.807) is 12.5 Å². The fourth-order valence-corrected chi connectivity index (χ4v) is 5.89. The number of piperazine rings is 1. The van der Waals surface area contributed by atoms with Gasteiger partial charge in [0.05, 0.1) is 17.9 Å². The first-order valence-electron chi connectivity index (χ1n) is 14.2. The number of nitrogens with one attached hydrogen (secondary N) is 1. The lowest BCUT2D eigenvalue weighted by Gasteiger charge is -2.51. The first kappa shape index (κ1) is 28.3. The first-order valence-corrected chi connectivity index (χ1v) is 14.2. The SMILES string of the molecule is C[C@@H]1CN(C(=O)[C@H](N)Cc2ccc3ccccc3c2)[C@@](CCCN=C(N)N)(Cc2ccc(-n3ccnc3)cc2)CN1. The van der Waals surface area contributed by atoms with Gasteiger partial charge < -0.3 is 32.0 Å². The monoisotopic (exact) mass is 552 g/mol. The molecule has 0 saturated carbocycles. The van der Waals surface area contributed by atoms with Crippen LogP contribution in [0.5, 0.6) is 0 Å². The predicted octanol–water partition coefficient (Wildman–Crippen LogP) is 2.75. The molecule has 2 heterocycles. The largest absolute Gasteiger partial charge is 0.370 e. The van der Waals surface area contributed by atoms with Crippen LogP contribution in [0.15, 0.2) is 90.4 Å². The molecule has 0 aliphatic carbocycles. The Labute approximate surface area is 241 Å². The highest BCUT2D eigenvalue weighted by atomic mass is 16.2. The van der Waals surface area contributed by atoms with Crippen molar-refractivity contribution in [3.63, 3.8) is 0 Å². The number of benzene rings is 3. The summed E-state index contributed by atoms with van der Waals surface area (Å²) in [5, 5.41) is 5.96. The molecule has 0 bridgehead atoms.